The van der Waals surface area contributed by atoms with Gasteiger partial charge in [0.1, 0.15) is 22.8 Å². The molecule has 0 spiro atoms. The summed E-state index contributed by atoms with van der Waals surface area (Å²) in [6.45, 7) is 3.95. The Bertz CT molecular complexity index is 937. The van der Waals surface area contributed by atoms with Crippen molar-refractivity contribution in [1.29, 1.82) is 0 Å². The number of nitrogens with one attached hydrogen (secondary N) is 3. The smallest absolute Gasteiger partial charge is 0.227 e. The molecule has 3 aromatic rings. The Kier molecular flexibility index (Phi) is 5.64. The van der Waals surface area contributed by atoms with Crippen LogP contribution in [0, 0.1) is 5.92 Å². The van der Waals surface area contributed by atoms with Crippen LogP contribution in [-0.4, -0.2) is 60.5 Å². The molecule has 0 amide bonds. The van der Waals surface area contributed by atoms with Crippen molar-refractivity contribution in [2.75, 3.05) is 24.4 Å². The Morgan fingerprint density at radius 3 is 2.50 bits per heavy atom. The van der Waals surface area contributed by atoms with Crippen LogP contribution in [0.1, 0.15) is 19.4 Å². The number of ether oxygens (including phenoxy) is 1. The lowest BCUT2D eigenvalue weighted by molar-refractivity contribution is 0.248. The molecule has 2 aromatic heterocycles. The molecule has 0 bridgehead atoms. The molecular formula is C17H23N7O4. The summed E-state index contributed by atoms with van der Waals surface area (Å²) in [5, 5.41) is 46.3. The fraction of sp³-hybridized carbons (Fsp3) is 0.412. The number of aromatic amines is 1. The van der Waals surface area contributed by atoms with Crippen LogP contribution in [0.2, 0.25) is 0 Å². The van der Waals surface area contributed by atoms with Crippen LogP contribution in [-0.2, 0) is 6.54 Å². The average molecular weight is 389 g/mol. The van der Waals surface area contributed by atoms with Crippen LogP contribution in [0.3, 0.4) is 0 Å². The molecule has 0 aliphatic heterocycles. The van der Waals surface area contributed by atoms with Crippen molar-refractivity contribution in [2.24, 2.45) is 5.92 Å². The standard InChI is InChI=1S/C17H23N7O4/c1-8(2)11(7-25)19-17-20-15(14-16(21-17)23-24-22-14)18-6-10-12(26)4-9(28-3)5-13(10)27/h4-5,8,11,25-27H,6-7H2,1-3H3,(H3,18,19,20,21,22,23,24)/t11-/m0/s1. The van der Waals surface area contributed by atoms with Crippen molar-refractivity contribution >= 4 is 22.9 Å². The highest BCUT2D eigenvalue weighted by atomic mass is 16.5. The van der Waals surface area contributed by atoms with Gasteiger partial charge in [0.25, 0.3) is 0 Å². The Balaban J connectivity index is 1.88. The number of aliphatic hydroxyl groups excluding tert-OH is 1. The van der Waals surface area contributed by atoms with Gasteiger partial charge in [-0.2, -0.15) is 9.97 Å². The number of fused-ring (bicyclic) bond motifs is 1. The zero-order valence-corrected chi connectivity index (χ0v) is 15.8. The van der Waals surface area contributed by atoms with E-state index in [4.69, 9.17) is 4.74 Å². The maximum atomic E-state index is 10.1. The highest BCUT2D eigenvalue weighted by molar-refractivity contribution is 5.83. The third-order valence-corrected chi connectivity index (χ3v) is 4.36. The first-order valence-electron chi connectivity index (χ1n) is 8.71. The number of phenolic OH excluding ortho intramolecular Hbond substituents is 2. The van der Waals surface area contributed by atoms with E-state index < -0.39 is 0 Å². The maximum absolute atomic E-state index is 10.1. The first-order chi connectivity index (χ1) is 13.4. The number of hydrogen-bond donors (Lipinski definition) is 6. The van der Waals surface area contributed by atoms with Gasteiger partial charge in [0.05, 0.1) is 25.3 Å². The highest BCUT2D eigenvalue weighted by Crippen LogP contribution is 2.33. The van der Waals surface area contributed by atoms with Crippen molar-refractivity contribution < 1.29 is 20.1 Å². The maximum Gasteiger partial charge on any atom is 0.227 e. The summed E-state index contributed by atoms with van der Waals surface area (Å²) in [5.41, 5.74) is 1.09. The molecule has 0 unspecified atom stereocenters. The Hall–Kier alpha value is -3.34. The lowest BCUT2D eigenvalue weighted by Gasteiger charge is -2.20. The number of methoxy groups -OCH3 is 1. The van der Waals surface area contributed by atoms with Gasteiger partial charge < -0.3 is 30.7 Å². The van der Waals surface area contributed by atoms with E-state index in [0.29, 0.717) is 22.7 Å². The molecule has 3 rings (SSSR count). The van der Waals surface area contributed by atoms with Gasteiger partial charge in [-0.05, 0) is 5.92 Å². The zero-order valence-electron chi connectivity index (χ0n) is 15.8. The van der Waals surface area contributed by atoms with Crippen LogP contribution in [0.25, 0.3) is 11.2 Å². The van der Waals surface area contributed by atoms with E-state index in [0.717, 1.165) is 0 Å². The molecule has 0 radical (unpaired) electrons. The summed E-state index contributed by atoms with van der Waals surface area (Å²) in [6, 6.07) is 2.59. The van der Waals surface area contributed by atoms with Gasteiger partial charge in [0.15, 0.2) is 5.82 Å². The predicted octanol–water partition coefficient (Wildman–Crippen LogP) is 1.21. The normalized spacial score (nSPS) is 12.3. The van der Waals surface area contributed by atoms with Crippen LogP contribution < -0.4 is 15.4 Å². The van der Waals surface area contributed by atoms with E-state index >= 15 is 0 Å². The molecule has 0 aliphatic carbocycles. The molecule has 0 saturated heterocycles. The summed E-state index contributed by atoms with van der Waals surface area (Å²) >= 11 is 0. The van der Waals surface area contributed by atoms with E-state index in [-0.39, 0.29) is 48.1 Å². The number of aromatic nitrogens is 5. The summed E-state index contributed by atoms with van der Waals surface area (Å²) in [7, 11) is 1.44. The number of H-pyrrole nitrogens is 1. The number of aromatic hydroxyl groups is 2. The van der Waals surface area contributed by atoms with Crippen LogP contribution in [0.15, 0.2) is 12.1 Å². The van der Waals surface area contributed by atoms with Crippen molar-refractivity contribution in [3.8, 4) is 17.2 Å². The highest BCUT2D eigenvalue weighted by Gasteiger charge is 2.17. The number of benzene rings is 1. The quantitative estimate of drug-likeness (QED) is 0.330. The average Bonchev–Trinajstić information content (AvgIpc) is 3.13. The minimum Gasteiger partial charge on any atom is -0.507 e. The van der Waals surface area contributed by atoms with Crippen LogP contribution in [0.4, 0.5) is 11.8 Å². The van der Waals surface area contributed by atoms with Crippen molar-refractivity contribution in [1.82, 2.24) is 25.4 Å². The zero-order chi connectivity index (χ0) is 20.3. The SMILES string of the molecule is COc1cc(O)c(CNc2nc(N[C@@H](CO)C(C)C)nc3nn[nH]c23)c(O)c1. The predicted molar refractivity (Wildman–Crippen MR) is 102 cm³/mol. The minimum atomic E-state index is -0.230. The topological polar surface area (TPSA) is 161 Å². The lowest BCUT2D eigenvalue weighted by atomic mass is 10.1. The van der Waals surface area contributed by atoms with Gasteiger partial charge in [0, 0.05) is 18.7 Å². The van der Waals surface area contributed by atoms with E-state index in [1.165, 1.54) is 19.2 Å². The molecule has 6 N–H and O–H groups in total. The fourth-order valence-corrected chi connectivity index (χ4v) is 2.62. The van der Waals surface area contributed by atoms with Gasteiger partial charge >= 0.3 is 0 Å². The van der Waals surface area contributed by atoms with Gasteiger partial charge in [-0.15, -0.1) is 5.10 Å². The third kappa shape index (κ3) is 3.98. The fourth-order valence-electron chi connectivity index (χ4n) is 2.62. The first kappa shape index (κ1) is 19.4. The molecule has 150 valence electrons. The number of aliphatic hydroxyl groups is 1. The van der Waals surface area contributed by atoms with E-state index in [1.54, 1.807) is 0 Å². The minimum absolute atomic E-state index is 0.0752. The number of rotatable bonds is 8. The molecule has 11 nitrogen and oxygen atoms in total. The van der Waals surface area contributed by atoms with Gasteiger partial charge in [0.2, 0.25) is 11.6 Å². The molecule has 0 fully saturated rings. The summed E-state index contributed by atoms with van der Waals surface area (Å²) in [6.07, 6.45) is 0. The van der Waals surface area contributed by atoms with Crippen LogP contribution in [0.5, 0.6) is 17.2 Å². The molecule has 28 heavy (non-hydrogen) atoms. The van der Waals surface area contributed by atoms with Crippen LogP contribution >= 0.6 is 0 Å². The van der Waals surface area contributed by atoms with E-state index in [9.17, 15) is 15.3 Å². The molecule has 0 aliphatic rings. The molecule has 1 atom stereocenters. The second kappa shape index (κ2) is 8.13. The van der Waals surface area contributed by atoms with E-state index in [2.05, 4.69) is 36.0 Å². The van der Waals surface area contributed by atoms with Crippen molar-refractivity contribution in [3.05, 3.63) is 17.7 Å². The Labute approximate surface area is 160 Å². The summed E-state index contributed by atoms with van der Waals surface area (Å²) < 4.78 is 5.01. The largest absolute Gasteiger partial charge is 0.507 e. The molecule has 2 heterocycles. The van der Waals surface area contributed by atoms with Crippen molar-refractivity contribution in [3.63, 3.8) is 0 Å². The summed E-state index contributed by atoms with van der Waals surface area (Å²) in [5.74, 6) is 0.932. The van der Waals surface area contributed by atoms with Gasteiger partial charge in [-0.25, -0.2) is 0 Å². The molecule has 0 saturated carbocycles. The lowest BCUT2D eigenvalue weighted by Crippen LogP contribution is -2.30. The van der Waals surface area contributed by atoms with E-state index in [1.807, 2.05) is 13.8 Å². The number of phenols is 2. The van der Waals surface area contributed by atoms with Gasteiger partial charge in [-0.1, -0.05) is 19.1 Å². The monoisotopic (exact) mass is 389 g/mol. The number of anilines is 2. The van der Waals surface area contributed by atoms with Gasteiger partial charge in [-0.3, -0.25) is 5.10 Å². The number of hydrogen-bond acceptors (Lipinski definition) is 10. The second-order valence-corrected chi connectivity index (χ2v) is 6.58. The first-order valence-corrected chi connectivity index (χ1v) is 8.71. The molecular weight excluding hydrogens is 366 g/mol. The third-order valence-electron chi connectivity index (χ3n) is 4.36. The molecule has 11 heteroatoms. The Morgan fingerprint density at radius 1 is 1.18 bits per heavy atom. The summed E-state index contributed by atoms with van der Waals surface area (Å²) in [4.78, 5) is 8.69. The number of nitrogens with zero attached hydrogens (tertiary/aromatic N) is 4. The second-order valence-electron chi connectivity index (χ2n) is 6.58. The Morgan fingerprint density at radius 2 is 1.89 bits per heavy atom. The van der Waals surface area contributed by atoms with Crippen molar-refractivity contribution in [2.45, 2.75) is 26.4 Å². The molecule has 1 aromatic carbocycles.